The highest BCUT2D eigenvalue weighted by atomic mass is 16.2. The fourth-order valence-corrected chi connectivity index (χ4v) is 6.90. The van der Waals surface area contributed by atoms with Crippen molar-refractivity contribution >= 4 is 34.8 Å². The van der Waals surface area contributed by atoms with Crippen LogP contribution in [0.15, 0.2) is 48.5 Å². The lowest BCUT2D eigenvalue weighted by Crippen LogP contribution is -2.59. The van der Waals surface area contributed by atoms with Crippen LogP contribution in [-0.4, -0.2) is 23.4 Å². The Hall–Kier alpha value is -3.28. The van der Waals surface area contributed by atoms with Gasteiger partial charge in [-0.15, -0.1) is 0 Å². The lowest BCUT2D eigenvalue weighted by Gasteiger charge is -2.60. The number of rotatable bonds is 6. The Balaban J connectivity index is 1.35. The minimum Gasteiger partial charge on any atom is -0.326 e. The van der Waals surface area contributed by atoms with E-state index in [0.29, 0.717) is 40.8 Å². The molecule has 4 aliphatic carbocycles. The minimum atomic E-state index is -0.543. The van der Waals surface area contributed by atoms with Gasteiger partial charge in [-0.05, 0) is 113 Å². The topological polar surface area (TPSA) is 92.3 Å². The molecule has 0 saturated heterocycles. The van der Waals surface area contributed by atoms with Gasteiger partial charge in [-0.25, -0.2) is 0 Å². The Kier molecular flexibility index (Phi) is 5.42. The van der Waals surface area contributed by atoms with Crippen molar-refractivity contribution in [3.8, 4) is 0 Å². The Morgan fingerprint density at radius 2 is 1.00 bits per heavy atom. The number of anilines is 2. The second-order valence-electron chi connectivity index (χ2n) is 10.7. The summed E-state index contributed by atoms with van der Waals surface area (Å²) in [6.45, 7) is 3.04. The minimum absolute atomic E-state index is 0.0113. The van der Waals surface area contributed by atoms with Gasteiger partial charge in [0.2, 0.25) is 11.8 Å². The number of nitrogens with one attached hydrogen (secondary N) is 2. The number of carbonyl (C=O) groups is 4. The van der Waals surface area contributed by atoms with Gasteiger partial charge in [-0.3, -0.25) is 19.2 Å². The first kappa shape index (κ1) is 22.5. The second kappa shape index (κ2) is 8.19. The number of benzene rings is 2. The van der Waals surface area contributed by atoms with Crippen LogP contribution in [0.4, 0.5) is 11.4 Å². The Bertz CT molecular complexity index is 1060. The first-order valence-electron chi connectivity index (χ1n) is 12.0. The highest BCUT2D eigenvalue weighted by molar-refractivity contribution is 6.00. The molecule has 4 fully saturated rings. The molecule has 0 heterocycles. The van der Waals surface area contributed by atoms with Crippen LogP contribution in [0.1, 0.15) is 73.1 Å². The lowest BCUT2D eigenvalue weighted by atomic mass is 9.43. The molecule has 176 valence electrons. The van der Waals surface area contributed by atoms with Crippen molar-refractivity contribution in [3.05, 3.63) is 59.7 Å². The Labute approximate surface area is 199 Å². The highest BCUT2D eigenvalue weighted by Gasteiger charge is 2.63. The maximum absolute atomic E-state index is 13.6. The van der Waals surface area contributed by atoms with E-state index in [1.807, 2.05) is 0 Å². The quantitative estimate of drug-likeness (QED) is 0.578. The van der Waals surface area contributed by atoms with E-state index in [0.717, 1.165) is 32.1 Å². The van der Waals surface area contributed by atoms with E-state index in [2.05, 4.69) is 10.6 Å². The average Bonchev–Trinajstić information content (AvgIpc) is 2.79. The zero-order chi connectivity index (χ0) is 24.1. The van der Waals surface area contributed by atoms with Crippen LogP contribution in [0, 0.1) is 22.7 Å². The zero-order valence-corrected chi connectivity index (χ0v) is 19.6. The molecule has 2 aromatic rings. The first-order valence-corrected chi connectivity index (χ1v) is 12.0. The summed E-state index contributed by atoms with van der Waals surface area (Å²) in [5, 5.41) is 6.15. The summed E-state index contributed by atoms with van der Waals surface area (Å²) in [6, 6.07) is 14.0. The molecule has 0 aliphatic heterocycles. The summed E-state index contributed by atoms with van der Waals surface area (Å²) in [7, 11) is 0. The monoisotopic (exact) mass is 458 g/mol. The smallest absolute Gasteiger partial charge is 0.230 e. The summed E-state index contributed by atoms with van der Waals surface area (Å²) in [5.74, 6) is 0.696. The predicted octanol–water partition coefficient (Wildman–Crippen LogP) is 5.26. The van der Waals surface area contributed by atoms with E-state index in [9.17, 15) is 19.2 Å². The van der Waals surface area contributed by atoms with Crippen LogP contribution in [0.5, 0.6) is 0 Å². The number of hydrogen-bond donors (Lipinski definition) is 2. The molecule has 34 heavy (non-hydrogen) atoms. The molecule has 6 heteroatoms. The maximum atomic E-state index is 13.6. The van der Waals surface area contributed by atoms with Crippen LogP contribution in [0.3, 0.4) is 0 Å². The summed E-state index contributed by atoms with van der Waals surface area (Å²) in [6.07, 6.45) is 4.94. The number of Topliss-reactive ketones (excluding diaryl/α,β-unsaturated/α-hetero) is 2. The van der Waals surface area contributed by atoms with Crippen molar-refractivity contribution in [1.82, 2.24) is 0 Å². The molecule has 0 unspecified atom stereocenters. The largest absolute Gasteiger partial charge is 0.326 e. The van der Waals surface area contributed by atoms with Crippen molar-refractivity contribution in [2.45, 2.75) is 52.4 Å². The number of carbonyl (C=O) groups excluding carboxylic acids is 4. The van der Waals surface area contributed by atoms with Crippen molar-refractivity contribution in [1.29, 1.82) is 0 Å². The van der Waals surface area contributed by atoms with Gasteiger partial charge in [-0.2, -0.15) is 0 Å². The molecule has 4 aliphatic rings. The number of amides is 2. The Morgan fingerprint density at radius 1 is 0.647 bits per heavy atom. The number of hydrogen-bond acceptors (Lipinski definition) is 4. The molecule has 6 rings (SSSR count). The predicted molar refractivity (Wildman–Crippen MR) is 130 cm³/mol. The van der Waals surface area contributed by atoms with Gasteiger partial charge in [0.15, 0.2) is 11.6 Å². The number of ketones is 2. The van der Waals surface area contributed by atoms with Gasteiger partial charge in [-0.1, -0.05) is 0 Å². The SMILES string of the molecule is CC(=O)c1ccc(NC(=O)C23CC4CC(C2)CC(C(=O)Nc2ccc(C(C)=O)cc2)(C4)C3)cc1. The zero-order valence-electron chi connectivity index (χ0n) is 19.6. The molecule has 2 N–H and O–H groups in total. The van der Waals surface area contributed by atoms with Gasteiger partial charge in [0.05, 0.1) is 10.8 Å². The maximum Gasteiger partial charge on any atom is 0.230 e. The summed E-state index contributed by atoms with van der Waals surface area (Å²) < 4.78 is 0. The summed E-state index contributed by atoms with van der Waals surface area (Å²) in [4.78, 5) is 50.2. The second-order valence-corrected chi connectivity index (χ2v) is 10.7. The van der Waals surface area contributed by atoms with Crippen molar-refractivity contribution in [2.75, 3.05) is 10.6 Å². The third-order valence-corrected chi connectivity index (χ3v) is 8.12. The van der Waals surface area contributed by atoms with Gasteiger partial charge in [0, 0.05) is 22.5 Å². The van der Waals surface area contributed by atoms with Crippen molar-refractivity contribution < 1.29 is 19.2 Å². The van der Waals surface area contributed by atoms with E-state index in [1.54, 1.807) is 48.5 Å². The van der Waals surface area contributed by atoms with Gasteiger partial charge < -0.3 is 10.6 Å². The van der Waals surface area contributed by atoms with Crippen LogP contribution in [0.25, 0.3) is 0 Å². The van der Waals surface area contributed by atoms with Crippen LogP contribution < -0.4 is 10.6 Å². The van der Waals surface area contributed by atoms with E-state index < -0.39 is 10.8 Å². The molecule has 0 radical (unpaired) electrons. The molecule has 4 bridgehead atoms. The Morgan fingerprint density at radius 3 is 1.32 bits per heavy atom. The standard InChI is InChI=1S/C28H30N2O4/c1-17(31)21-3-7-23(8-4-21)29-25(33)27-12-19-11-20(13-27)15-28(14-19,16-27)26(34)30-24-9-5-22(6-10-24)18(2)32/h3-10,19-20H,11-16H2,1-2H3,(H,29,33)(H,30,34). The molecule has 4 saturated carbocycles. The molecule has 0 atom stereocenters. The molecular formula is C28H30N2O4. The fourth-order valence-electron chi connectivity index (χ4n) is 6.90. The molecule has 6 nitrogen and oxygen atoms in total. The van der Waals surface area contributed by atoms with E-state index >= 15 is 0 Å². The van der Waals surface area contributed by atoms with Crippen LogP contribution >= 0.6 is 0 Å². The highest BCUT2D eigenvalue weighted by Crippen LogP contribution is 2.65. The summed E-state index contributed by atoms with van der Waals surface area (Å²) >= 11 is 0. The fraction of sp³-hybridized carbons (Fsp3) is 0.429. The van der Waals surface area contributed by atoms with E-state index in [-0.39, 0.29) is 23.4 Å². The van der Waals surface area contributed by atoms with Gasteiger partial charge in [0.1, 0.15) is 0 Å². The van der Waals surface area contributed by atoms with E-state index in [1.165, 1.54) is 13.8 Å². The lowest BCUT2D eigenvalue weighted by molar-refractivity contribution is -0.161. The molecule has 0 spiro atoms. The van der Waals surface area contributed by atoms with Gasteiger partial charge >= 0.3 is 0 Å². The van der Waals surface area contributed by atoms with Gasteiger partial charge in [0.25, 0.3) is 0 Å². The van der Waals surface area contributed by atoms with Crippen molar-refractivity contribution in [2.24, 2.45) is 22.7 Å². The normalized spacial score (nSPS) is 28.9. The molecule has 2 amide bonds. The van der Waals surface area contributed by atoms with Crippen LogP contribution in [-0.2, 0) is 9.59 Å². The van der Waals surface area contributed by atoms with Crippen LogP contribution in [0.2, 0.25) is 0 Å². The molecular weight excluding hydrogens is 428 g/mol. The third-order valence-electron chi connectivity index (χ3n) is 8.12. The molecule has 0 aromatic heterocycles. The van der Waals surface area contributed by atoms with Crippen molar-refractivity contribution in [3.63, 3.8) is 0 Å². The average molecular weight is 459 g/mol. The first-order chi connectivity index (χ1) is 16.2. The third kappa shape index (κ3) is 3.95. The van der Waals surface area contributed by atoms with E-state index in [4.69, 9.17) is 0 Å². The molecule has 2 aromatic carbocycles. The summed E-state index contributed by atoms with van der Waals surface area (Å²) in [5.41, 5.74) is 1.49.